The first kappa shape index (κ1) is 20.3. The molecule has 1 aliphatic heterocycles. The number of fused-ring (bicyclic) bond motifs is 3. The second kappa shape index (κ2) is 7.82. The Bertz CT molecular complexity index is 1390. The minimum Gasteiger partial charge on any atom is -0.365 e. The second-order valence-corrected chi connectivity index (χ2v) is 8.79. The number of hydrogen-bond acceptors (Lipinski definition) is 4. The van der Waals surface area contributed by atoms with Crippen LogP contribution in [-0.4, -0.2) is 51.2 Å². The van der Waals surface area contributed by atoms with Crippen molar-refractivity contribution in [3.05, 3.63) is 70.1 Å². The Labute approximate surface area is 186 Å². The summed E-state index contributed by atoms with van der Waals surface area (Å²) in [4.78, 5) is 33.4. The summed E-state index contributed by atoms with van der Waals surface area (Å²) in [5, 5.41) is 6.08. The van der Waals surface area contributed by atoms with Gasteiger partial charge >= 0.3 is 0 Å². The Kier molecular flexibility index (Phi) is 4.96. The SMILES string of the molecule is Cc1cccc(N2CCN(C(=O)Cn3ncc4c([nH]c5ccc(C)cc54)c3=O)CC2C)c1. The number of anilines is 1. The third-order valence-electron chi connectivity index (χ3n) is 6.37. The van der Waals surface area contributed by atoms with E-state index in [2.05, 4.69) is 53.1 Å². The Balaban J connectivity index is 1.34. The molecule has 1 N–H and O–H groups in total. The lowest BCUT2D eigenvalue weighted by Gasteiger charge is -2.41. The summed E-state index contributed by atoms with van der Waals surface area (Å²) in [5.74, 6) is -0.0818. The molecule has 0 spiro atoms. The van der Waals surface area contributed by atoms with E-state index in [9.17, 15) is 9.59 Å². The summed E-state index contributed by atoms with van der Waals surface area (Å²) < 4.78 is 1.27. The smallest absolute Gasteiger partial charge is 0.291 e. The van der Waals surface area contributed by atoms with E-state index < -0.39 is 0 Å². The summed E-state index contributed by atoms with van der Waals surface area (Å²) in [7, 11) is 0. The van der Waals surface area contributed by atoms with Crippen LogP contribution in [0.15, 0.2) is 53.5 Å². The molecule has 4 aromatic rings. The molecule has 2 aromatic heterocycles. The van der Waals surface area contributed by atoms with E-state index in [4.69, 9.17) is 0 Å². The van der Waals surface area contributed by atoms with Gasteiger partial charge in [0.05, 0.1) is 6.20 Å². The molecule has 1 aliphatic rings. The van der Waals surface area contributed by atoms with Gasteiger partial charge in [-0.25, -0.2) is 4.68 Å². The van der Waals surface area contributed by atoms with Gasteiger partial charge in [-0.15, -0.1) is 0 Å². The van der Waals surface area contributed by atoms with Crippen molar-refractivity contribution in [2.24, 2.45) is 0 Å². The van der Waals surface area contributed by atoms with Gasteiger partial charge in [0.25, 0.3) is 5.56 Å². The molecule has 7 heteroatoms. The van der Waals surface area contributed by atoms with Crippen LogP contribution in [0.4, 0.5) is 5.69 Å². The predicted octanol–water partition coefficient (Wildman–Crippen LogP) is 3.23. The van der Waals surface area contributed by atoms with Crippen LogP contribution >= 0.6 is 0 Å². The normalized spacial score (nSPS) is 16.8. The third-order valence-corrected chi connectivity index (χ3v) is 6.37. The number of carbonyl (C=O) groups is 1. The molecule has 1 amide bonds. The molecule has 2 aromatic carbocycles. The number of hydrogen-bond donors (Lipinski definition) is 1. The molecule has 0 bridgehead atoms. The topological polar surface area (TPSA) is 74.2 Å². The fraction of sp³-hybridized carbons (Fsp3) is 0.320. The molecule has 0 radical (unpaired) electrons. The van der Waals surface area contributed by atoms with E-state index in [1.165, 1.54) is 15.9 Å². The number of aromatic amines is 1. The Hall–Kier alpha value is -3.61. The van der Waals surface area contributed by atoms with Gasteiger partial charge in [0.15, 0.2) is 0 Å². The van der Waals surface area contributed by atoms with Crippen LogP contribution in [0, 0.1) is 13.8 Å². The van der Waals surface area contributed by atoms with Crippen LogP contribution in [0.25, 0.3) is 21.8 Å². The molecule has 164 valence electrons. The number of nitrogens with one attached hydrogen (secondary N) is 1. The molecular weight excluding hydrogens is 402 g/mol. The average molecular weight is 430 g/mol. The Morgan fingerprint density at radius 1 is 1.09 bits per heavy atom. The van der Waals surface area contributed by atoms with Gasteiger partial charge in [0, 0.05) is 47.7 Å². The van der Waals surface area contributed by atoms with Crippen molar-refractivity contribution >= 4 is 33.4 Å². The third kappa shape index (κ3) is 3.53. The Morgan fingerprint density at radius 2 is 1.91 bits per heavy atom. The average Bonchev–Trinajstić information content (AvgIpc) is 3.14. The van der Waals surface area contributed by atoms with E-state index in [1.54, 1.807) is 6.20 Å². The number of piperazine rings is 1. The van der Waals surface area contributed by atoms with Crippen molar-refractivity contribution in [2.45, 2.75) is 33.4 Å². The van der Waals surface area contributed by atoms with E-state index in [-0.39, 0.29) is 24.1 Å². The lowest BCUT2D eigenvalue weighted by molar-refractivity contribution is -0.132. The van der Waals surface area contributed by atoms with Gasteiger partial charge in [-0.1, -0.05) is 23.8 Å². The van der Waals surface area contributed by atoms with Crippen molar-refractivity contribution in [3.8, 4) is 0 Å². The van der Waals surface area contributed by atoms with E-state index in [0.29, 0.717) is 18.6 Å². The number of carbonyl (C=O) groups excluding carboxylic acids is 1. The van der Waals surface area contributed by atoms with Gasteiger partial charge in [0.2, 0.25) is 5.91 Å². The highest BCUT2D eigenvalue weighted by Crippen LogP contribution is 2.24. The minimum atomic E-state index is -0.267. The fourth-order valence-corrected chi connectivity index (χ4v) is 4.65. The first-order valence-electron chi connectivity index (χ1n) is 11.0. The molecule has 1 atom stereocenters. The number of aromatic nitrogens is 3. The molecule has 1 unspecified atom stereocenters. The van der Waals surface area contributed by atoms with Crippen LogP contribution in [0.2, 0.25) is 0 Å². The monoisotopic (exact) mass is 429 g/mol. The lowest BCUT2D eigenvalue weighted by atomic mass is 10.1. The number of H-pyrrole nitrogens is 1. The Morgan fingerprint density at radius 3 is 2.69 bits per heavy atom. The van der Waals surface area contributed by atoms with E-state index in [1.807, 2.05) is 30.0 Å². The lowest BCUT2D eigenvalue weighted by Crippen LogP contribution is -2.54. The minimum absolute atomic E-state index is 0.0552. The van der Waals surface area contributed by atoms with Crippen molar-refractivity contribution in [2.75, 3.05) is 24.5 Å². The van der Waals surface area contributed by atoms with Crippen LogP contribution in [-0.2, 0) is 11.3 Å². The molecule has 3 heterocycles. The standard InChI is InChI=1S/C25H27N5O2/c1-16-5-4-6-19(11-16)29-10-9-28(14-18(29)3)23(31)15-30-25(32)24-21(13-26-30)20-12-17(2)7-8-22(20)27-24/h4-8,11-13,18,27H,9-10,14-15H2,1-3H3. The maximum Gasteiger partial charge on any atom is 0.291 e. The quantitative estimate of drug-likeness (QED) is 0.543. The van der Waals surface area contributed by atoms with E-state index >= 15 is 0 Å². The summed E-state index contributed by atoms with van der Waals surface area (Å²) in [6.45, 7) is 8.19. The van der Waals surface area contributed by atoms with Crippen molar-refractivity contribution < 1.29 is 4.79 Å². The van der Waals surface area contributed by atoms with Gasteiger partial charge in [-0.05, 0) is 50.6 Å². The number of benzene rings is 2. The number of rotatable bonds is 3. The van der Waals surface area contributed by atoms with Crippen LogP contribution < -0.4 is 10.5 Å². The van der Waals surface area contributed by atoms with Crippen LogP contribution in [0.1, 0.15) is 18.1 Å². The van der Waals surface area contributed by atoms with Crippen molar-refractivity contribution in [1.29, 1.82) is 0 Å². The molecule has 1 fully saturated rings. The van der Waals surface area contributed by atoms with E-state index in [0.717, 1.165) is 28.4 Å². The number of nitrogens with zero attached hydrogens (tertiary/aromatic N) is 4. The summed E-state index contributed by atoms with van der Waals surface area (Å²) >= 11 is 0. The first-order valence-corrected chi connectivity index (χ1v) is 11.0. The molecule has 32 heavy (non-hydrogen) atoms. The highest BCUT2D eigenvalue weighted by molar-refractivity contribution is 6.06. The van der Waals surface area contributed by atoms with Gasteiger partial charge in [-0.3, -0.25) is 9.59 Å². The zero-order valence-electron chi connectivity index (χ0n) is 18.6. The zero-order valence-corrected chi connectivity index (χ0v) is 18.6. The predicted molar refractivity (Wildman–Crippen MR) is 127 cm³/mol. The van der Waals surface area contributed by atoms with Gasteiger partial charge < -0.3 is 14.8 Å². The maximum absolute atomic E-state index is 13.0. The fourth-order valence-electron chi connectivity index (χ4n) is 4.65. The maximum atomic E-state index is 13.0. The van der Waals surface area contributed by atoms with Gasteiger partial charge in [-0.2, -0.15) is 5.10 Å². The molecule has 5 rings (SSSR count). The molecule has 0 saturated carbocycles. The van der Waals surface area contributed by atoms with Gasteiger partial charge in [0.1, 0.15) is 12.1 Å². The molecular formula is C25H27N5O2. The molecule has 1 saturated heterocycles. The molecule has 7 nitrogen and oxygen atoms in total. The van der Waals surface area contributed by atoms with Crippen LogP contribution in [0.5, 0.6) is 0 Å². The number of aryl methyl sites for hydroxylation is 2. The second-order valence-electron chi connectivity index (χ2n) is 8.79. The summed E-state index contributed by atoms with van der Waals surface area (Å²) in [6, 6.07) is 14.6. The van der Waals surface area contributed by atoms with Crippen molar-refractivity contribution in [3.63, 3.8) is 0 Å². The first-order chi connectivity index (χ1) is 15.4. The van der Waals surface area contributed by atoms with Crippen LogP contribution in [0.3, 0.4) is 0 Å². The highest BCUT2D eigenvalue weighted by atomic mass is 16.2. The highest BCUT2D eigenvalue weighted by Gasteiger charge is 2.27. The summed E-state index contributed by atoms with van der Waals surface area (Å²) in [6.07, 6.45) is 1.68. The van der Waals surface area contributed by atoms with Crippen molar-refractivity contribution in [1.82, 2.24) is 19.7 Å². The molecule has 0 aliphatic carbocycles. The summed E-state index contributed by atoms with van der Waals surface area (Å²) in [5.41, 5.74) is 4.65. The zero-order chi connectivity index (χ0) is 22.4. The number of amides is 1. The largest absolute Gasteiger partial charge is 0.365 e.